The molecule has 0 aliphatic rings. The van der Waals surface area contributed by atoms with E-state index in [2.05, 4.69) is 33.3 Å². The number of amidine groups is 1. The van der Waals surface area contributed by atoms with E-state index in [1.54, 1.807) is 11.3 Å². The maximum absolute atomic E-state index is 8.51. The van der Waals surface area contributed by atoms with Crippen LogP contribution in [0.15, 0.2) is 21.1 Å². The molecule has 4 nitrogen and oxygen atoms in total. The van der Waals surface area contributed by atoms with Gasteiger partial charge in [0, 0.05) is 28.4 Å². The van der Waals surface area contributed by atoms with E-state index in [-0.39, 0.29) is 11.9 Å². The Labute approximate surface area is 108 Å². The summed E-state index contributed by atoms with van der Waals surface area (Å²) in [5.41, 5.74) is 5.48. The lowest BCUT2D eigenvalue weighted by Gasteiger charge is -2.15. The molecule has 1 atom stereocenters. The van der Waals surface area contributed by atoms with Crippen LogP contribution in [0.5, 0.6) is 0 Å². The van der Waals surface area contributed by atoms with Gasteiger partial charge in [0.05, 0.1) is 0 Å². The van der Waals surface area contributed by atoms with Crippen LogP contribution in [0.3, 0.4) is 0 Å². The zero-order valence-corrected chi connectivity index (χ0v) is 11.5. The van der Waals surface area contributed by atoms with Crippen molar-refractivity contribution < 1.29 is 5.21 Å². The van der Waals surface area contributed by atoms with Gasteiger partial charge in [-0.3, -0.25) is 0 Å². The van der Waals surface area contributed by atoms with E-state index in [1.165, 1.54) is 4.88 Å². The fraction of sp³-hybridized carbons (Fsp3) is 0.500. The lowest BCUT2D eigenvalue weighted by molar-refractivity contribution is 0.315. The highest BCUT2D eigenvalue weighted by Gasteiger charge is 2.09. The van der Waals surface area contributed by atoms with Crippen molar-refractivity contribution in [1.82, 2.24) is 5.32 Å². The molecule has 1 heterocycles. The zero-order chi connectivity index (χ0) is 12.0. The quantitative estimate of drug-likeness (QED) is 0.327. The van der Waals surface area contributed by atoms with Crippen LogP contribution in [0, 0.1) is 0 Å². The number of halogens is 1. The number of hydrogen-bond acceptors (Lipinski definition) is 4. The smallest absolute Gasteiger partial charge is 0.140 e. The lowest BCUT2D eigenvalue weighted by atomic mass is 10.1. The second-order valence-electron chi connectivity index (χ2n) is 3.47. The van der Waals surface area contributed by atoms with E-state index in [4.69, 9.17) is 10.9 Å². The molecule has 1 rings (SSSR count). The Morgan fingerprint density at radius 1 is 1.75 bits per heavy atom. The van der Waals surface area contributed by atoms with Crippen LogP contribution in [0.4, 0.5) is 0 Å². The van der Waals surface area contributed by atoms with Gasteiger partial charge in [-0.2, -0.15) is 0 Å². The zero-order valence-electron chi connectivity index (χ0n) is 9.11. The van der Waals surface area contributed by atoms with E-state index in [1.807, 2.05) is 11.4 Å². The van der Waals surface area contributed by atoms with E-state index < -0.39 is 0 Å². The highest BCUT2D eigenvalue weighted by atomic mass is 79.9. The molecule has 0 aliphatic carbocycles. The Bertz CT molecular complexity index is 354. The van der Waals surface area contributed by atoms with Gasteiger partial charge in [0.1, 0.15) is 5.84 Å². The molecular formula is C10H16BrN3OS. The van der Waals surface area contributed by atoms with Crippen LogP contribution in [0.25, 0.3) is 0 Å². The fourth-order valence-corrected chi connectivity index (χ4v) is 2.79. The van der Waals surface area contributed by atoms with Crippen LogP contribution in [-0.2, 0) is 6.54 Å². The molecule has 0 saturated heterocycles. The molecule has 0 saturated carbocycles. The van der Waals surface area contributed by atoms with Gasteiger partial charge in [-0.15, -0.1) is 11.3 Å². The molecule has 16 heavy (non-hydrogen) atoms. The Balaban J connectivity index is 2.43. The van der Waals surface area contributed by atoms with Crippen LogP contribution in [0.1, 0.15) is 24.6 Å². The van der Waals surface area contributed by atoms with Gasteiger partial charge in [-0.1, -0.05) is 12.1 Å². The number of oxime groups is 1. The number of thiophene rings is 1. The molecule has 6 heteroatoms. The molecule has 4 N–H and O–H groups in total. The third-order valence-electron chi connectivity index (χ3n) is 2.32. The van der Waals surface area contributed by atoms with Crippen molar-refractivity contribution in [3.05, 3.63) is 20.8 Å². The standard InChI is InChI=1S/C10H16BrN3OS/c1-2-7(5-10(12)14-15)13-6-9-8(11)3-4-16-9/h3-4,7,13,15H,2,5-6H2,1H3,(H2,12,14). The monoisotopic (exact) mass is 305 g/mol. The largest absolute Gasteiger partial charge is 0.409 e. The number of nitrogens with zero attached hydrogens (tertiary/aromatic N) is 1. The minimum Gasteiger partial charge on any atom is -0.409 e. The molecule has 0 aromatic carbocycles. The van der Waals surface area contributed by atoms with Crippen LogP contribution in [0.2, 0.25) is 0 Å². The summed E-state index contributed by atoms with van der Waals surface area (Å²) in [6, 6.07) is 2.27. The number of nitrogens with one attached hydrogen (secondary N) is 1. The summed E-state index contributed by atoms with van der Waals surface area (Å²) >= 11 is 5.19. The summed E-state index contributed by atoms with van der Waals surface area (Å²) in [5.74, 6) is 0.268. The maximum Gasteiger partial charge on any atom is 0.140 e. The highest BCUT2D eigenvalue weighted by molar-refractivity contribution is 9.10. The highest BCUT2D eigenvalue weighted by Crippen LogP contribution is 2.22. The van der Waals surface area contributed by atoms with Crippen molar-refractivity contribution in [2.45, 2.75) is 32.4 Å². The number of hydrogen-bond donors (Lipinski definition) is 3. The molecule has 0 bridgehead atoms. The first-order valence-electron chi connectivity index (χ1n) is 5.09. The molecule has 1 unspecified atom stereocenters. The molecule has 90 valence electrons. The first-order valence-corrected chi connectivity index (χ1v) is 6.76. The van der Waals surface area contributed by atoms with E-state index in [0.717, 1.165) is 17.4 Å². The van der Waals surface area contributed by atoms with Gasteiger partial charge >= 0.3 is 0 Å². The summed E-state index contributed by atoms with van der Waals surface area (Å²) in [5, 5.41) is 16.9. The molecule has 1 aromatic rings. The average Bonchev–Trinajstić information content (AvgIpc) is 2.69. The topological polar surface area (TPSA) is 70.6 Å². The first-order chi connectivity index (χ1) is 7.67. The average molecular weight is 306 g/mol. The summed E-state index contributed by atoms with van der Waals surface area (Å²) < 4.78 is 1.13. The Kier molecular flexibility index (Phi) is 5.79. The normalized spacial score (nSPS) is 14.0. The Hall–Kier alpha value is -0.590. The molecule has 0 fully saturated rings. The minimum absolute atomic E-state index is 0.241. The number of nitrogens with two attached hydrogens (primary N) is 1. The first kappa shape index (κ1) is 13.5. The van der Waals surface area contributed by atoms with Crippen molar-refractivity contribution in [1.29, 1.82) is 0 Å². The summed E-state index contributed by atoms with van der Waals surface area (Å²) in [6.45, 7) is 2.88. The fourth-order valence-electron chi connectivity index (χ4n) is 1.34. The maximum atomic E-state index is 8.51. The molecule has 0 amide bonds. The molecule has 0 aliphatic heterocycles. The van der Waals surface area contributed by atoms with Crippen LogP contribution < -0.4 is 11.1 Å². The third kappa shape index (κ3) is 4.11. The summed E-state index contributed by atoms with van der Waals surface area (Å²) in [7, 11) is 0. The second kappa shape index (κ2) is 6.88. The van der Waals surface area contributed by atoms with Crippen molar-refractivity contribution >= 4 is 33.1 Å². The predicted molar refractivity (Wildman–Crippen MR) is 71.0 cm³/mol. The van der Waals surface area contributed by atoms with Crippen molar-refractivity contribution in [3.63, 3.8) is 0 Å². The number of rotatable bonds is 6. The minimum atomic E-state index is 0.241. The summed E-state index contributed by atoms with van der Waals surface area (Å²) in [6.07, 6.45) is 1.51. The van der Waals surface area contributed by atoms with Gasteiger partial charge in [-0.25, -0.2) is 0 Å². The van der Waals surface area contributed by atoms with Crippen molar-refractivity contribution in [2.75, 3.05) is 0 Å². The molecule has 0 spiro atoms. The predicted octanol–water partition coefficient (Wildman–Crippen LogP) is 2.52. The van der Waals surface area contributed by atoms with E-state index >= 15 is 0 Å². The van der Waals surface area contributed by atoms with Gasteiger partial charge in [0.25, 0.3) is 0 Å². The third-order valence-corrected chi connectivity index (χ3v) is 4.25. The molecular weight excluding hydrogens is 290 g/mol. The molecule has 0 radical (unpaired) electrons. The summed E-state index contributed by atoms with van der Waals surface area (Å²) in [4.78, 5) is 1.26. The SMILES string of the molecule is CCC(CC(N)=NO)NCc1sccc1Br. The van der Waals surface area contributed by atoms with Crippen molar-refractivity contribution in [2.24, 2.45) is 10.9 Å². The Morgan fingerprint density at radius 3 is 3.00 bits per heavy atom. The lowest BCUT2D eigenvalue weighted by Crippen LogP contribution is -2.32. The molecule has 1 aromatic heterocycles. The van der Waals surface area contributed by atoms with Crippen molar-refractivity contribution in [3.8, 4) is 0 Å². The van der Waals surface area contributed by atoms with Gasteiger partial charge in [-0.05, 0) is 33.8 Å². The van der Waals surface area contributed by atoms with Gasteiger partial charge < -0.3 is 16.3 Å². The van der Waals surface area contributed by atoms with Gasteiger partial charge in [0.15, 0.2) is 0 Å². The van der Waals surface area contributed by atoms with Crippen LogP contribution >= 0.6 is 27.3 Å². The Morgan fingerprint density at radius 2 is 2.50 bits per heavy atom. The van der Waals surface area contributed by atoms with E-state index in [0.29, 0.717) is 6.42 Å². The second-order valence-corrected chi connectivity index (χ2v) is 5.33. The van der Waals surface area contributed by atoms with Crippen LogP contribution in [-0.4, -0.2) is 17.1 Å². The van der Waals surface area contributed by atoms with E-state index in [9.17, 15) is 0 Å². The van der Waals surface area contributed by atoms with Gasteiger partial charge in [0.2, 0.25) is 0 Å².